The molecule has 692 valence electrons. The van der Waals surface area contributed by atoms with Crippen molar-refractivity contribution in [2.45, 2.75) is 106 Å². The summed E-state index contributed by atoms with van der Waals surface area (Å²) >= 11 is 5.62. The van der Waals surface area contributed by atoms with E-state index < -0.39 is 0 Å². The zero-order valence-electron chi connectivity index (χ0n) is 82.6. The van der Waals surface area contributed by atoms with Crippen molar-refractivity contribution in [1.82, 2.24) is 0 Å². The summed E-state index contributed by atoms with van der Waals surface area (Å²) in [6.45, 7) is 28.7. The molecule has 3 aliphatic carbocycles. The molecule has 0 N–H and O–H groups in total. The summed E-state index contributed by atoms with van der Waals surface area (Å²) in [7, 11) is 0. The molecule has 0 amide bonds. The number of aryl methyl sites for hydroxylation is 9. The number of hydrogen-bond donors (Lipinski definition) is 0. The summed E-state index contributed by atoms with van der Waals surface area (Å²) in [5.41, 5.74) is 37.4. The first-order valence-electron chi connectivity index (χ1n) is 49.1. The van der Waals surface area contributed by atoms with Crippen LogP contribution in [0.4, 0.5) is 0 Å². The van der Waals surface area contributed by atoms with Gasteiger partial charge >= 0.3 is 0 Å². The third kappa shape index (κ3) is 17.6. The van der Waals surface area contributed by atoms with Gasteiger partial charge in [0.25, 0.3) is 0 Å². The van der Waals surface area contributed by atoms with E-state index in [0.29, 0.717) is 0 Å². The lowest BCUT2D eigenvalue weighted by atomic mass is 9.67. The van der Waals surface area contributed by atoms with Gasteiger partial charge < -0.3 is 13.3 Å². The molecule has 142 heavy (non-hydrogen) atoms. The molecule has 0 atom stereocenters. The van der Waals surface area contributed by atoms with Gasteiger partial charge in [-0.1, -0.05) is 402 Å². The highest BCUT2D eigenvalue weighted by Crippen LogP contribution is 2.58. The van der Waals surface area contributed by atoms with Crippen molar-refractivity contribution in [1.29, 1.82) is 0 Å². The Kier molecular flexibility index (Phi) is 25.7. The SMILES string of the molecule is Cc1ccc2c(c1)C(C)(C)c1ccccc1-2.Cc1ccc2c(c1)oc1ccccc12.Cc1ccc2c(c1)sc1ccccc12.Cc1ccc2oc3ccccc3c2c1.Cc1ccc2sc3ccccc3c2c1.Cc1cccc2c1C(C)(C)c1ccccc1-2.Cc1cccc2c1C(c1ccccc1)(c1ccccc1)c1ccccc1-2.Cc1cccc2oc3ccccc3c12.Cc1cccc2sc3ccccc3c12. The Labute approximate surface area is 844 Å². The maximum Gasteiger partial charge on any atom is 0.135 e. The van der Waals surface area contributed by atoms with Gasteiger partial charge in [-0.05, 0) is 259 Å². The molecule has 6 heterocycles. The molecule has 20 aromatic carbocycles. The summed E-state index contributed by atoms with van der Waals surface area (Å²) in [5.74, 6) is 0. The van der Waals surface area contributed by atoms with Crippen LogP contribution in [0.1, 0.15) is 122 Å². The smallest absolute Gasteiger partial charge is 0.135 e. The molecule has 0 fully saturated rings. The summed E-state index contributed by atoms with van der Waals surface area (Å²) in [6.07, 6.45) is 0. The second kappa shape index (κ2) is 39.3. The molecule has 3 nitrogen and oxygen atoms in total. The third-order valence-electron chi connectivity index (χ3n) is 28.6. The van der Waals surface area contributed by atoms with E-state index in [-0.39, 0.29) is 16.2 Å². The van der Waals surface area contributed by atoms with Gasteiger partial charge in [-0.15, -0.1) is 34.0 Å². The zero-order chi connectivity index (χ0) is 97.5. The average Bonchev–Trinajstić information content (AvgIpc) is 1.53. The van der Waals surface area contributed by atoms with E-state index in [1.165, 1.54) is 221 Å². The molecule has 6 aromatic heterocycles. The number of furan rings is 3. The number of fused-ring (bicyclic) bond motifs is 27. The summed E-state index contributed by atoms with van der Waals surface area (Å²) in [6, 6.07) is 157. The van der Waals surface area contributed by atoms with Crippen molar-refractivity contribution in [3.63, 3.8) is 0 Å². The predicted molar refractivity (Wildman–Crippen MR) is 614 cm³/mol. The van der Waals surface area contributed by atoms with Crippen LogP contribution >= 0.6 is 34.0 Å². The quantitative estimate of drug-likeness (QED) is 0.173. The molecule has 0 unspecified atom stereocenters. The van der Waals surface area contributed by atoms with Gasteiger partial charge in [0.15, 0.2) is 0 Å². The van der Waals surface area contributed by atoms with Crippen LogP contribution in [-0.4, -0.2) is 0 Å². The van der Waals surface area contributed by atoms with Gasteiger partial charge in [0, 0.05) is 104 Å². The first kappa shape index (κ1) is 92.8. The largest absolute Gasteiger partial charge is 0.456 e. The topological polar surface area (TPSA) is 39.4 Å². The zero-order valence-corrected chi connectivity index (χ0v) is 85.0. The van der Waals surface area contributed by atoms with Crippen LogP contribution in [0.3, 0.4) is 0 Å². The molecule has 0 saturated carbocycles. The molecule has 26 aromatic rings. The lowest BCUT2D eigenvalue weighted by Gasteiger charge is -2.34. The molecule has 6 heteroatoms. The number of rotatable bonds is 2. The van der Waals surface area contributed by atoms with E-state index in [2.05, 4.69) is 460 Å². The molecule has 0 spiro atoms. The van der Waals surface area contributed by atoms with Crippen molar-refractivity contribution >= 4 is 160 Å². The standard InChI is InChI=1S/C26H20.2C16H16.3C13H10O.3C13H10S/c1-19-11-10-17-23-22-16-8-9-18-24(22)26(25(19)23,20-12-4-2-5-13-20)21-14-6-3-7-15-21;1-11-7-6-9-13-12-8-4-5-10-14(12)16(2,3)15(11)13;1-11-8-9-13-12-6-4-5-7-14(12)16(2,3)15(13)10-11;1-9-5-4-8-12-13(9)10-6-2-3-7-11(10)14-12;1-9-6-7-13-11(8-9)10-4-2-3-5-12(10)14-13;1-9-6-7-11-10-4-2-3-5-12(10)14-13(11)8-9;1-9-5-4-8-12-13(9)10-6-2-3-7-11(10)14-12;1-9-6-7-13-11(8-9)10-4-2-3-5-12(10)14-13;1-9-6-7-11-10-4-2-3-5-12(10)14-13(11)8-9/h2-18H,1H3;2*4-10H,1-3H3;6*2-8H,1H3. The molecule has 3 aliphatic rings. The molecule has 0 bridgehead atoms. The summed E-state index contributed by atoms with van der Waals surface area (Å²) in [5, 5.41) is 15.6. The monoisotopic (exact) mass is 1890 g/mol. The van der Waals surface area contributed by atoms with Crippen molar-refractivity contribution < 1.29 is 13.3 Å². The van der Waals surface area contributed by atoms with Crippen LogP contribution in [0.2, 0.25) is 0 Å². The molecule has 0 aliphatic heterocycles. The van der Waals surface area contributed by atoms with Crippen molar-refractivity contribution in [3.05, 3.63) is 537 Å². The summed E-state index contributed by atoms with van der Waals surface area (Å²) in [4.78, 5) is 0. The number of benzene rings is 20. The van der Waals surface area contributed by atoms with Crippen LogP contribution in [0.25, 0.3) is 160 Å². The van der Waals surface area contributed by atoms with E-state index in [1.807, 2.05) is 107 Å². The lowest BCUT2D eigenvalue weighted by Crippen LogP contribution is -2.29. The minimum atomic E-state index is -0.264. The molecular weight excluding hydrogens is 1780 g/mol. The Hall–Kier alpha value is -15.5. The van der Waals surface area contributed by atoms with Crippen LogP contribution in [-0.2, 0) is 16.2 Å². The number of thiophene rings is 3. The van der Waals surface area contributed by atoms with Crippen molar-refractivity contribution in [2.24, 2.45) is 0 Å². The van der Waals surface area contributed by atoms with Crippen LogP contribution in [0.5, 0.6) is 0 Å². The minimum absolute atomic E-state index is 0.150. The Morgan fingerprint density at radius 3 is 1.16 bits per heavy atom. The van der Waals surface area contributed by atoms with Gasteiger partial charge in [0.2, 0.25) is 0 Å². The van der Waals surface area contributed by atoms with Gasteiger partial charge in [-0.2, -0.15) is 0 Å². The Balaban J connectivity index is 0.0000000953. The molecule has 29 rings (SSSR count). The van der Waals surface area contributed by atoms with E-state index in [4.69, 9.17) is 13.3 Å². The molecule has 0 saturated heterocycles. The Bertz CT molecular complexity index is 8790. The van der Waals surface area contributed by atoms with Crippen LogP contribution < -0.4 is 0 Å². The fraction of sp³-hybridized carbons (Fsp3) is 0.118. The normalized spacial score (nSPS) is 12.7. The molecular formula is C136H112O3S3. The van der Waals surface area contributed by atoms with Gasteiger partial charge in [-0.3, -0.25) is 0 Å². The number of hydrogen-bond acceptors (Lipinski definition) is 6. The van der Waals surface area contributed by atoms with E-state index in [0.717, 1.165) is 33.5 Å². The highest BCUT2D eigenvalue weighted by molar-refractivity contribution is 7.26. The first-order chi connectivity index (χ1) is 69.2. The maximum atomic E-state index is 5.73. The fourth-order valence-electron chi connectivity index (χ4n) is 21.9. The van der Waals surface area contributed by atoms with Crippen molar-refractivity contribution in [2.75, 3.05) is 0 Å². The van der Waals surface area contributed by atoms with E-state index in [9.17, 15) is 0 Å². The highest BCUT2D eigenvalue weighted by Gasteiger charge is 2.47. The number of para-hydroxylation sites is 3. The van der Waals surface area contributed by atoms with Gasteiger partial charge in [-0.25, -0.2) is 0 Å². The Morgan fingerprint density at radius 2 is 0.521 bits per heavy atom. The van der Waals surface area contributed by atoms with Crippen LogP contribution in [0, 0.1) is 62.3 Å². The van der Waals surface area contributed by atoms with E-state index >= 15 is 0 Å². The predicted octanol–water partition coefficient (Wildman–Crippen LogP) is 39.7. The fourth-order valence-corrected chi connectivity index (χ4v) is 25.4. The second-order valence-electron chi connectivity index (χ2n) is 38.9. The van der Waals surface area contributed by atoms with Crippen LogP contribution in [0.15, 0.2) is 456 Å². The average molecular weight is 1890 g/mol. The highest BCUT2D eigenvalue weighted by atomic mass is 32.1. The van der Waals surface area contributed by atoms with Crippen molar-refractivity contribution in [3.8, 4) is 33.4 Å². The first-order valence-corrected chi connectivity index (χ1v) is 51.6. The van der Waals surface area contributed by atoms with Gasteiger partial charge in [0.05, 0.1) is 5.41 Å². The lowest BCUT2D eigenvalue weighted by molar-refractivity contribution is 0.655. The van der Waals surface area contributed by atoms with Gasteiger partial charge in [0.1, 0.15) is 33.5 Å². The van der Waals surface area contributed by atoms with E-state index in [1.54, 1.807) is 0 Å². The second-order valence-corrected chi connectivity index (χ2v) is 42.1. The minimum Gasteiger partial charge on any atom is -0.456 e. The third-order valence-corrected chi connectivity index (χ3v) is 32.0. The summed E-state index contributed by atoms with van der Waals surface area (Å²) < 4.78 is 25.5. The Morgan fingerprint density at radius 1 is 0.176 bits per heavy atom. The molecule has 0 radical (unpaired) electrons. The maximum absolute atomic E-state index is 5.73.